The zero-order valence-electron chi connectivity index (χ0n) is 17.3. The van der Waals surface area contributed by atoms with Gasteiger partial charge >= 0.3 is 5.63 Å². The molecule has 1 amide bonds. The summed E-state index contributed by atoms with van der Waals surface area (Å²) in [4.78, 5) is 34.0. The van der Waals surface area contributed by atoms with Gasteiger partial charge in [-0.3, -0.25) is 4.79 Å². The Morgan fingerprint density at radius 3 is 2.68 bits per heavy atom. The number of carbonyl (C=O) groups excluding carboxylic acids is 1. The van der Waals surface area contributed by atoms with Crippen LogP contribution in [-0.4, -0.2) is 49.1 Å². The number of thiazole rings is 1. The number of hydrogen-bond acceptors (Lipinski definition) is 7. The topological polar surface area (TPSA) is 75.9 Å². The number of benzene rings is 2. The highest BCUT2D eigenvalue weighted by atomic mass is 32.1. The fraction of sp³-hybridized carbons (Fsp3) is 0.261. The van der Waals surface area contributed by atoms with E-state index in [9.17, 15) is 9.59 Å². The second-order valence-electron chi connectivity index (χ2n) is 7.52. The molecule has 8 heteroatoms. The van der Waals surface area contributed by atoms with E-state index in [0.29, 0.717) is 31.8 Å². The number of aryl methyl sites for hydroxylation is 1. The van der Waals surface area contributed by atoms with Crippen LogP contribution >= 0.6 is 11.3 Å². The largest absolute Gasteiger partial charge is 0.494 e. The number of carbonyl (C=O) groups is 1. The summed E-state index contributed by atoms with van der Waals surface area (Å²) < 4.78 is 11.9. The number of piperazine rings is 1. The molecule has 1 aliphatic heterocycles. The van der Waals surface area contributed by atoms with Crippen molar-refractivity contribution in [2.45, 2.75) is 6.92 Å². The standard InChI is InChI=1S/C23H21N3O4S/c1-14-7-8-18(29-2)19-20(14)31-23(24-19)26-11-9-25(10-12-26)21(27)16-13-15-5-3-4-6-17(15)30-22(16)28/h3-8,13H,9-12H2,1-2H3. The lowest BCUT2D eigenvalue weighted by molar-refractivity contribution is 0.0742. The molecule has 2 aromatic carbocycles. The smallest absolute Gasteiger partial charge is 0.349 e. The molecule has 1 aliphatic rings. The third-order valence-corrected chi connectivity index (χ3v) is 6.87. The van der Waals surface area contributed by atoms with E-state index >= 15 is 0 Å². The Balaban J connectivity index is 1.35. The number of methoxy groups -OCH3 is 1. The molecule has 0 unspecified atom stereocenters. The molecule has 0 radical (unpaired) electrons. The summed E-state index contributed by atoms with van der Waals surface area (Å²) in [5.41, 5.74) is 1.99. The van der Waals surface area contributed by atoms with Gasteiger partial charge in [0.05, 0.1) is 11.8 Å². The monoisotopic (exact) mass is 435 g/mol. The van der Waals surface area contributed by atoms with E-state index in [-0.39, 0.29) is 11.5 Å². The minimum atomic E-state index is -0.597. The van der Waals surface area contributed by atoms with E-state index < -0.39 is 5.63 Å². The quantitative estimate of drug-likeness (QED) is 0.457. The van der Waals surface area contributed by atoms with Gasteiger partial charge in [-0.1, -0.05) is 35.6 Å². The molecule has 7 nitrogen and oxygen atoms in total. The zero-order valence-corrected chi connectivity index (χ0v) is 18.1. The lowest BCUT2D eigenvalue weighted by Crippen LogP contribution is -2.49. The molecule has 0 saturated carbocycles. The third kappa shape index (κ3) is 3.42. The van der Waals surface area contributed by atoms with Crippen LogP contribution < -0.4 is 15.3 Å². The highest BCUT2D eigenvalue weighted by molar-refractivity contribution is 7.22. The van der Waals surface area contributed by atoms with Crippen LogP contribution in [0.5, 0.6) is 5.75 Å². The molecule has 0 N–H and O–H groups in total. The SMILES string of the molecule is COc1ccc(C)c2sc(N3CCN(C(=O)c4cc5ccccc5oc4=O)CC3)nc12. The summed E-state index contributed by atoms with van der Waals surface area (Å²) in [6, 6.07) is 12.8. The fourth-order valence-corrected chi connectivity index (χ4v) is 4.98. The van der Waals surface area contributed by atoms with Crippen molar-refractivity contribution in [1.82, 2.24) is 9.88 Å². The van der Waals surface area contributed by atoms with Crippen LogP contribution in [0.1, 0.15) is 15.9 Å². The molecular formula is C23H21N3O4S. The lowest BCUT2D eigenvalue weighted by atomic mass is 10.1. The molecule has 0 bridgehead atoms. The van der Waals surface area contributed by atoms with Crippen molar-refractivity contribution in [3.63, 3.8) is 0 Å². The molecule has 1 fully saturated rings. The van der Waals surface area contributed by atoms with Crippen molar-refractivity contribution in [3.8, 4) is 5.75 Å². The minimum Gasteiger partial charge on any atom is -0.494 e. The Bertz CT molecular complexity index is 1350. The summed E-state index contributed by atoms with van der Waals surface area (Å²) in [6.45, 7) is 4.38. The first-order valence-electron chi connectivity index (χ1n) is 10.1. The van der Waals surface area contributed by atoms with Crippen LogP contribution in [0.25, 0.3) is 21.2 Å². The van der Waals surface area contributed by atoms with E-state index in [1.54, 1.807) is 41.5 Å². The zero-order chi connectivity index (χ0) is 21.5. The van der Waals surface area contributed by atoms with Gasteiger partial charge in [0.2, 0.25) is 0 Å². The van der Waals surface area contributed by atoms with Gasteiger partial charge in [-0.05, 0) is 30.7 Å². The number of aromatic nitrogens is 1. The highest BCUT2D eigenvalue weighted by Gasteiger charge is 2.26. The normalized spacial score (nSPS) is 14.4. The Labute approximate surface area is 182 Å². The predicted octanol–water partition coefficient (Wildman–Crippen LogP) is 3.68. The van der Waals surface area contributed by atoms with E-state index in [4.69, 9.17) is 14.1 Å². The summed E-state index contributed by atoms with van der Waals surface area (Å²) in [6.07, 6.45) is 0. The van der Waals surface area contributed by atoms with Gasteiger partial charge in [-0.15, -0.1) is 0 Å². The second kappa shape index (κ2) is 7.70. The average Bonchev–Trinajstić information content (AvgIpc) is 3.25. The first-order chi connectivity index (χ1) is 15.0. The Hall–Kier alpha value is -3.39. The van der Waals surface area contributed by atoms with Crippen molar-refractivity contribution in [3.05, 3.63) is 64.0 Å². The van der Waals surface area contributed by atoms with E-state index in [2.05, 4.69) is 11.8 Å². The van der Waals surface area contributed by atoms with Gasteiger partial charge in [0.15, 0.2) is 5.13 Å². The van der Waals surface area contributed by atoms with Crippen molar-refractivity contribution in [1.29, 1.82) is 0 Å². The van der Waals surface area contributed by atoms with Crippen molar-refractivity contribution in [2.24, 2.45) is 0 Å². The minimum absolute atomic E-state index is 0.0764. The number of para-hydroxylation sites is 1. The molecule has 0 aliphatic carbocycles. The van der Waals surface area contributed by atoms with Crippen molar-refractivity contribution >= 4 is 43.6 Å². The Kier molecular flexibility index (Phi) is 4.86. The first kappa shape index (κ1) is 19.6. The number of nitrogens with zero attached hydrogens (tertiary/aromatic N) is 3. The summed E-state index contributed by atoms with van der Waals surface area (Å²) in [7, 11) is 1.65. The van der Waals surface area contributed by atoms with Crippen LogP contribution in [0.3, 0.4) is 0 Å². The Morgan fingerprint density at radius 1 is 1.13 bits per heavy atom. The number of amides is 1. The van der Waals surface area contributed by atoms with Gasteiger partial charge in [0.25, 0.3) is 5.91 Å². The fourth-order valence-electron chi connectivity index (χ4n) is 3.88. The maximum Gasteiger partial charge on any atom is 0.349 e. The van der Waals surface area contributed by atoms with Crippen molar-refractivity contribution in [2.75, 3.05) is 38.2 Å². The molecule has 0 atom stereocenters. The maximum absolute atomic E-state index is 13.0. The van der Waals surface area contributed by atoms with Crippen LogP contribution in [0.2, 0.25) is 0 Å². The van der Waals surface area contributed by atoms with Crippen molar-refractivity contribution < 1.29 is 13.9 Å². The maximum atomic E-state index is 13.0. The number of hydrogen-bond donors (Lipinski definition) is 0. The second-order valence-corrected chi connectivity index (χ2v) is 8.50. The summed E-state index contributed by atoms with van der Waals surface area (Å²) in [5.74, 6) is 0.473. The van der Waals surface area contributed by atoms with E-state index in [0.717, 1.165) is 32.0 Å². The van der Waals surface area contributed by atoms with Crippen LogP contribution in [-0.2, 0) is 0 Å². The van der Waals surface area contributed by atoms with E-state index in [1.165, 1.54) is 0 Å². The van der Waals surface area contributed by atoms with Crippen LogP contribution in [0.15, 0.2) is 51.7 Å². The van der Waals surface area contributed by atoms with Gasteiger partial charge < -0.3 is 19.0 Å². The molecule has 5 rings (SSSR count). The van der Waals surface area contributed by atoms with Gasteiger partial charge in [-0.25, -0.2) is 9.78 Å². The van der Waals surface area contributed by atoms with Crippen LogP contribution in [0.4, 0.5) is 5.13 Å². The average molecular weight is 436 g/mol. The molecular weight excluding hydrogens is 414 g/mol. The molecule has 31 heavy (non-hydrogen) atoms. The molecule has 158 valence electrons. The van der Waals surface area contributed by atoms with Gasteiger partial charge in [0, 0.05) is 31.6 Å². The molecule has 2 aromatic heterocycles. The molecule has 1 saturated heterocycles. The molecule has 4 aromatic rings. The first-order valence-corrected chi connectivity index (χ1v) is 10.9. The van der Waals surface area contributed by atoms with Gasteiger partial charge in [0.1, 0.15) is 22.4 Å². The summed E-state index contributed by atoms with van der Waals surface area (Å²) >= 11 is 1.64. The number of fused-ring (bicyclic) bond motifs is 2. The number of ether oxygens (including phenoxy) is 1. The molecule has 3 heterocycles. The molecule has 0 spiro atoms. The lowest BCUT2D eigenvalue weighted by Gasteiger charge is -2.34. The van der Waals surface area contributed by atoms with Crippen LogP contribution in [0, 0.1) is 6.92 Å². The third-order valence-electron chi connectivity index (χ3n) is 5.62. The predicted molar refractivity (Wildman–Crippen MR) is 122 cm³/mol. The van der Waals surface area contributed by atoms with E-state index in [1.807, 2.05) is 24.3 Å². The highest BCUT2D eigenvalue weighted by Crippen LogP contribution is 2.36. The Morgan fingerprint density at radius 2 is 1.90 bits per heavy atom. The number of rotatable bonds is 3. The summed E-state index contributed by atoms with van der Waals surface area (Å²) in [5, 5.41) is 1.66. The number of anilines is 1. The van der Waals surface area contributed by atoms with Gasteiger partial charge in [-0.2, -0.15) is 0 Å².